The average molecular weight is 629 g/mol. The molecule has 45 heavy (non-hydrogen) atoms. The maximum absolute atomic E-state index is 14.4. The van der Waals surface area contributed by atoms with E-state index in [0.29, 0.717) is 47.3 Å². The quantitative estimate of drug-likeness (QED) is 0.238. The lowest BCUT2D eigenvalue weighted by molar-refractivity contribution is -0.114. The number of anilines is 2. The first-order chi connectivity index (χ1) is 21.5. The number of hydrogen-bond donors (Lipinski definition) is 2. The molecule has 1 aliphatic carbocycles. The summed E-state index contributed by atoms with van der Waals surface area (Å²) in [5.74, 6) is -0.101. The van der Waals surface area contributed by atoms with E-state index in [0.717, 1.165) is 33.4 Å². The average Bonchev–Trinajstić information content (AvgIpc) is 3.62. The molecule has 1 aliphatic rings. The molecule has 1 saturated carbocycles. The molecule has 0 unspecified atom stereocenters. The number of nitrogens with zero attached hydrogens (tertiary/aromatic N) is 4. The topological polar surface area (TPSA) is 122 Å². The number of thiophene rings is 1. The summed E-state index contributed by atoms with van der Waals surface area (Å²) >= 11 is 1.40. The van der Waals surface area contributed by atoms with Gasteiger partial charge in [-0.3, -0.25) is 23.5 Å². The van der Waals surface area contributed by atoms with Gasteiger partial charge in [-0.1, -0.05) is 30.3 Å². The first-order valence-corrected chi connectivity index (χ1v) is 15.6. The van der Waals surface area contributed by atoms with Gasteiger partial charge >= 0.3 is 5.69 Å². The lowest BCUT2D eigenvalue weighted by Crippen LogP contribution is -2.40. The molecule has 2 N–H and O–H groups in total. The summed E-state index contributed by atoms with van der Waals surface area (Å²) in [4.78, 5) is 62.4. The number of hydrogen-bond acceptors (Lipinski definition) is 6. The highest BCUT2D eigenvalue weighted by Gasteiger charge is 2.27. The van der Waals surface area contributed by atoms with Gasteiger partial charge in [0.1, 0.15) is 17.2 Å². The number of H-pyrrole nitrogens is 1. The van der Waals surface area contributed by atoms with Crippen LogP contribution in [0.4, 0.5) is 15.8 Å². The van der Waals surface area contributed by atoms with Crippen LogP contribution in [0.1, 0.15) is 57.5 Å². The van der Waals surface area contributed by atoms with Crippen molar-refractivity contribution in [3.8, 4) is 0 Å². The Hall–Kier alpha value is -4.84. The van der Waals surface area contributed by atoms with Gasteiger partial charge in [-0.2, -0.15) is 0 Å². The second kappa shape index (κ2) is 11.9. The van der Waals surface area contributed by atoms with E-state index < -0.39 is 17.1 Å². The summed E-state index contributed by atoms with van der Waals surface area (Å²) in [7, 11) is 1.70. The molecule has 2 amide bonds. The molecule has 6 rings (SSSR count). The second-order valence-electron chi connectivity index (χ2n) is 11.6. The van der Waals surface area contributed by atoms with Crippen molar-refractivity contribution in [3.05, 3.63) is 107 Å². The molecule has 12 heteroatoms. The third kappa shape index (κ3) is 5.97. The molecule has 10 nitrogen and oxygen atoms in total. The van der Waals surface area contributed by atoms with Crippen LogP contribution in [0.15, 0.2) is 57.4 Å². The van der Waals surface area contributed by atoms with Crippen molar-refractivity contribution in [2.24, 2.45) is 5.92 Å². The van der Waals surface area contributed by atoms with Gasteiger partial charge in [0.25, 0.3) is 11.5 Å². The van der Waals surface area contributed by atoms with E-state index in [9.17, 15) is 23.6 Å². The molecule has 3 aromatic heterocycles. The van der Waals surface area contributed by atoms with Gasteiger partial charge in [0.15, 0.2) is 5.65 Å². The Morgan fingerprint density at radius 2 is 1.89 bits per heavy atom. The van der Waals surface area contributed by atoms with Crippen molar-refractivity contribution >= 4 is 45.7 Å². The standard InChI is InChI=1S/C33H33FN6O4S/c1-18-13-22(11-12-26(18)38(4)31(42)28-19(2)45-17-25(28)35-20(3)41)14-27-36-29-30(37-27)39(15-21-9-10-21)33(44)40(32(29)43)16-23-7-5-6-8-24(23)34/h5-8,11-13,17,21H,9-10,14-16H2,1-4H3,(H,35,41)(H,36,37). The molecule has 2 aromatic carbocycles. The number of benzene rings is 2. The van der Waals surface area contributed by atoms with Crippen LogP contribution in [0.25, 0.3) is 11.2 Å². The van der Waals surface area contributed by atoms with Crippen molar-refractivity contribution in [3.63, 3.8) is 0 Å². The summed E-state index contributed by atoms with van der Waals surface area (Å²) < 4.78 is 17.1. The summed E-state index contributed by atoms with van der Waals surface area (Å²) in [6.07, 6.45) is 2.36. The molecule has 0 atom stereocenters. The van der Waals surface area contributed by atoms with Crippen LogP contribution in [0.5, 0.6) is 0 Å². The fraction of sp³-hybridized carbons (Fsp3) is 0.303. The van der Waals surface area contributed by atoms with Gasteiger partial charge in [-0.05, 0) is 55.9 Å². The number of rotatable bonds is 9. The van der Waals surface area contributed by atoms with Crippen LogP contribution in [-0.4, -0.2) is 38.0 Å². The number of aromatic nitrogens is 4. The Morgan fingerprint density at radius 3 is 2.58 bits per heavy atom. The van der Waals surface area contributed by atoms with Gasteiger partial charge in [0.05, 0.1) is 17.8 Å². The number of aromatic amines is 1. The lowest BCUT2D eigenvalue weighted by Gasteiger charge is -2.21. The smallest absolute Gasteiger partial charge is 0.333 e. The van der Waals surface area contributed by atoms with E-state index in [1.807, 2.05) is 32.0 Å². The predicted molar refractivity (Wildman–Crippen MR) is 173 cm³/mol. The van der Waals surface area contributed by atoms with Crippen LogP contribution in [0.2, 0.25) is 0 Å². The fourth-order valence-corrected chi connectivity index (χ4v) is 6.42. The van der Waals surface area contributed by atoms with E-state index in [1.54, 1.807) is 35.5 Å². The number of amides is 2. The Morgan fingerprint density at radius 1 is 1.13 bits per heavy atom. The maximum atomic E-state index is 14.4. The number of halogens is 1. The second-order valence-corrected chi connectivity index (χ2v) is 12.7. The number of carbonyl (C=O) groups excluding carboxylic acids is 2. The summed E-state index contributed by atoms with van der Waals surface area (Å²) in [6, 6.07) is 11.8. The van der Waals surface area contributed by atoms with Crippen LogP contribution < -0.4 is 21.5 Å². The highest BCUT2D eigenvalue weighted by molar-refractivity contribution is 7.10. The van der Waals surface area contributed by atoms with E-state index in [1.165, 1.54) is 28.9 Å². The van der Waals surface area contributed by atoms with Crippen LogP contribution >= 0.6 is 11.3 Å². The molecule has 0 bridgehead atoms. The maximum Gasteiger partial charge on any atom is 0.333 e. The molecular weight excluding hydrogens is 595 g/mol. The van der Waals surface area contributed by atoms with Gasteiger partial charge in [0.2, 0.25) is 5.91 Å². The number of imidazole rings is 1. The largest absolute Gasteiger partial charge is 0.336 e. The normalized spacial score (nSPS) is 12.9. The molecule has 0 aliphatic heterocycles. The molecule has 0 radical (unpaired) electrons. The number of fused-ring (bicyclic) bond motifs is 1. The van der Waals surface area contributed by atoms with Crippen LogP contribution in [0, 0.1) is 25.6 Å². The zero-order valence-electron chi connectivity index (χ0n) is 25.4. The van der Waals surface area contributed by atoms with Crippen LogP contribution in [0.3, 0.4) is 0 Å². The third-order valence-corrected chi connectivity index (χ3v) is 9.04. The minimum atomic E-state index is -0.543. The van der Waals surface area contributed by atoms with Crippen molar-refractivity contribution in [2.45, 2.75) is 53.1 Å². The van der Waals surface area contributed by atoms with Crippen molar-refractivity contribution in [2.75, 3.05) is 17.3 Å². The van der Waals surface area contributed by atoms with Gasteiger partial charge in [-0.15, -0.1) is 11.3 Å². The minimum absolute atomic E-state index is 0.177. The predicted octanol–water partition coefficient (Wildman–Crippen LogP) is 4.99. The number of aryl methyl sites for hydroxylation is 2. The number of carbonyl (C=O) groups is 2. The highest BCUT2D eigenvalue weighted by atomic mass is 32.1. The lowest BCUT2D eigenvalue weighted by atomic mass is 10.1. The van der Waals surface area contributed by atoms with E-state index in [4.69, 9.17) is 4.98 Å². The SMILES string of the molecule is CC(=O)Nc1csc(C)c1C(=O)N(C)c1ccc(Cc2nc3c([nH]2)c(=O)n(Cc2ccccc2F)c(=O)n3CC2CC2)cc1C. The first-order valence-electron chi connectivity index (χ1n) is 14.7. The monoisotopic (exact) mass is 628 g/mol. The summed E-state index contributed by atoms with van der Waals surface area (Å²) in [5, 5.41) is 4.50. The molecule has 0 spiro atoms. The Balaban J connectivity index is 1.30. The molecule has 232 valence electrons. The third-order valence-electron chi connectivity index (χ3n) is 8.13. The van der Waals surface area contributed by atoms with Gasteiger partial charge in [0, 0.05) is 48.4 Å². The molecule has 5 aromatic rings. The van der Waals surface area contributed by atoms with Gasteiger partial charge in [-0.25, -0.2) is 14.2 Å². The molecular formula is C33H33FN6O4S. The fourth-order valence-electron chi connectivity index (χ4n) is 5.63. The van der Waals surface area contributed by atoms with Crippen molar-refractivity contribution < 1.29 is 14.0 Å². The highest BCUT2D eigenvalue weighted by Crippen LogP contribution is 2.32. The Kier molecular flexibility index (Phi) is 8.00. The minimum Gasteiger partial charge on any atom is -0.336 e. The first kappa shape index (κ1) is 30.2. The van der Waals surface area contributed by atoms with E-state index in [-0.39, 0.29) is 29.4 Å². The molecule has 0 saturated heterocycles. The van der Waals surface area contributed by atoms with Crippen LogP contribution in [-0.2, 0) is 24.3 Å². The zero-order valence-corrected chi connectivity index (χ0v) is 26.3. The number of nitrogens with one attached hydrogen (secondary N) is 2. The molecule has 3 heterocycles. The van der Waals surface area contributed by atoms with Gasteiger partial charge < -0.3 is 15.2 Å². The van der Waals surface area contributed by atoms with E-state index >= 15 is 0 Å². The summed E-state index contributed by atoms with van der Waals surface area (Å²) in [6.45, 7) is 5.43. The van der Waals surface area contributed by atoms with Crippen molar-refractivity contribution in [1.82, 2.24) is 19.1 Å². The Labute approximate surface area is 262 Å². The molecule has 1 fully saturated rings. The zero-order chi connectivity index (χ0) is 32.0. The van der Waals surface area contributed by atoms with Crippen molar-refractivity contribution in [1.29, 1.82) is 0 Å². The summed E-state index contributed by atoms with van der Waals surface area (Å²) in [5.41, 5.74) is 3.13. The Bertz CT molecular complexity index is 2090. The van der Waals surface area contributed by atoms with E-state index in [2.05, 4.69) is 10.3 Å².